The largest absolute Gasteiger partial charge is 0.351 e. The Morgan fingerprint density at radius 1 is 1.35 bits per heavy atom. The second-order valence-electron chi connectivity index (χ2n) is 5.72. The van der Waals surface area contributed by atoms with Gasteiger partial charge in [-0.3, -0.25) is 9.78 Å². The summed E-state index contributed by atoms with van der Waals surface area (Å²) in [5.74, 6) is 0.0807. The third-order valence-corrected chi connectivity index (χ3v) is 2.94. The molecule has 0 aliphatic carbocycles. The van der Waals surface area contributed by atoms with Crippen molar-refractivity contribution in [3.63, 3.8) is 0 Å². The van der Waals surface area contributed by atoms with Crippen LogP contribution < -0.4 is 0 Å². The van der Waals surface area contributed by atoms with E-state index in [1.54, 1.807) is 24.1 Å². The summed E-state index contributed by atoms with van der Waals surface area (Å²) in [4.78, 5) is 18.6. The van der Waals surface area contributed by atoms with E-state index in [1.165, 1.54) is 0 Å². The Morgan fingerprint density at radius 2 is 2.10 bits per heavy atom. The van der Waals surface area contributed by atoms with Crippen molar-refractivity contribution in [2.24, 2.45) is 0 Å². The maximum atomic E-state index is 12.6. The summed E-state index contributed by atoms with van der Waals surface area (Å²) >= 11 is 0. The van der Waals surface area contributed by atoms with E-state index in [4.69, 9.17) is 4.52 Å². The monoisotopic (exact) mass is 273 g/mol. The van der Waals surface area contributed by atoms with Crippen LogP contribution in [0.3, 0.4) is 0 Å². The molecule has 0 aliphatic rings. The fourth-order valence-corrected chi connectivity index (χ4v) is 1.86. The van der Waals surface area contributed by atoms with Crippen LogP contribution in [0.5, 0.6) is 0 Å². The average Bonchev–Trinajstić information content (AvgIpc) is 2.82. The number of rotatable bonds is 3. The maximum absolute atomic E-state index is 12.6. The summed E-state index contributed by atoms with van der Waals surface area (Å²) in [7, 11) is 0. The van der Waals surface area contributed by atoms with Crippen LogP contribution in [0.15, 0.2) is 35.0 Å². The Balaban J connectivity index is 2.27. The first-order valence-electron chi connectivity index (χ1n) is 6.53. The van der Waals surface area contributed by atoms with Crippen molar-refractivity contribution < 1.29 is 9.32 Å². The van der Waals surface area contributed by atoms with Crippen molar-refractivity contribution in [3.8, 4) is 0 Å². The summed E-state index contributed by atoms with van der Waals surface area (Å²) in [6.07, 6.45) is 1.72. The van der Waals surface area contributed by atoms with Crippen molar-refractivity contribution in [2.75, 3.05) is 0 Å². The van der Waals surface area contributed by atoms with E-state index >= 15 is 0 Å². The summed E-state index contributed by atoms with van der Waals surface area (Å²) in [5, 5.41) is 3.77. The summed E-state index contributed by atoms with van der Waals surface area (Å²) < 4.78 is 5.08. The molecule has 2 heterocycles. The van der Waals surface area contributed by atoms with Gasteiger partial charge in [-0.1, -0.05) is 11.2 Å². The van der Waals surface area contributed by atoms with Crippen LogP contribution in [-0.4, -0.2) is 26.5 Å². The van der Waals surface area contributed by atoms with Crippen molar-refractivity contribution in [1.29, 1.82) is 0 Å². The highest BCUT2D eigenvalue weighted by atomic mass is 16.5. The van der Waals surface area contributed by atoms with Gasteiger partial charge in [0.2, 0.25) is 5.76 Å². The second kappa shape index (κ2) is 5.45. The van der Waals surface area contributed by atoms with Gasteiger partial charge in [0.1, 0.15) is 0 Å². The zero-order chi connectivity index (χ0) is 14.8. The molecule has 2 aromatic rings. The highest BCUT2D eigenvalue weighted by molar-refractivity contribution is 5.91. The van der Waals surface area contributed by atoms with Crippen LogP contribution in [0.2, 0.25) is 0 Å². The third-order valence-electron chi connectivity index (χ3n) is 2.94. The Hall–Kier alpha value is -2.17. The quantitative estimate of drug-likeness (QED) is 0.862. The molecule has 0 bridgehead atoms. The van der Waals surface area contributed by atoms with E-state index in [-0.39, 0.29) is 17.2 Å². The minimum atomic E-state index is -0.338. The summed E-state index contributed by atoms with van der Waals surface area (Å²) in [6.45, 7) is 8.18. The lowest BCUT2D eigenvalue weighted by Crippen LogP contribution is -2.45. The number of carbonyl (C=O) groups excluding carboxylic acids is 1. The molecule has 0 unspecified atom stereocenters. The Kier molecular flexibility index (Phi) is 3.88. The predicted molar refractivity (Wildman–Crippen MR) is 75.1 cm³/mol. The first-order valence-corrected chi connectivity index (χ1v) is 6.53. The fraction of sp³-hybridized carbons (Fsp3) is 0.400. The number of hydrogen-bond acceptors (Lipinski definition) is 4. The molecule has 0 saturated heterocycles. The van der Waals surface area contributed by atoms with Gasteiger partial charge in [-0.25, -0.2) is 0 Å². The standard InChI is InChI=1S/C15H19N3O2/c1-11-9-13(20-17-11)14(19)18(15(2,3)4)10-12-7-5-6-8-16-12/h5-9H,10H2,1-4H3. The van der Waals surface area contributed by atoms with Crippen LogP contribution >= 0.6 is 0 Å². The molecule has 2 aromatic heterocycles. The Morgan fingerprint density at radius 3 is 2.60 bits per heavy atom. The molecule has 5 nitrogen and oxygen atoms in total. The highest BCUT2D eigenvalue weighted by Crippen LogP contribution is 2.20. The molecule has 2 rings (SSSR count). The van der Waals surface area contributed by atoms with E-state index < -0.39 is 0 Å². The number of nitrogens with zero attached hydrogens (tertiary/aromatic N) is 3. The summed E-state index contributed by atoms with van der Waals surface area (Å²) in [5.41, 5.74) is 1.20. The Bertz CT molecular complexity index is 585. The lowest BCUT2D eigenvalue weighted by atomic mass is 10.0. The molecule has 0 spiro atoms. The molecule has 0 N–H and O–H groups in total. The average molecular weight is 273 g/mol. The molecule has 0 saturated carbocycles. The van der Waals surface area contributed by atoms with Crippen LogP contribution in [0, 0.1) is 6.92 Å². The van der Waals surface area contributed by atoms with E-state index in [0.29, 0.717) is 12.2 Å². The molecule has 20 heavy (non-hydrogen) atoms. The van der Waals surface area contributed by atoms with Crippen molar-refractivity contribution in [1.82, 2.24) is 15.0 Å². The van der Waals surface area contributed by atoms with E-state index in [0.717, 1.165) is 5.69 Å². The lowest BCUT2D eigenvalue weighted by molar-refractivity contribution is 0.0512. The smallest absolute Gasteiger partial charge is 0.293 e. The van der Waals surface area contributed by atoms with E-state index in [9.17, 15) is 4.79 Å². The number of aromatic nitrogens is 2. The van der Waals surface area contributed by atoms with Crippen molar-refractivity contribution in [2.45, 2.75) is 39.8 Å². The van der Waals surface area contributed by atoms with Crippen LogP contribution in [0.4, 0.5) is 0 Å². The number of pyridine rings is 1. The van der Waals surface area contributed by atoms with Crippen LogP contribution in [-0.2, 0) is 6.54 Å². The first kappa shape index (κ1) is 14.2. The first-order chi connectivity index (χ1) is 9.38. The molecule has 5 heteroatoms. The topological polar surface area (TPSA) is 59.2 Å². The van der Waals surface area contributed by atoms with E-state index in [2.05, 4.69) is 10.1 Å². The third kappa shape index (κ3) is 3.23. The molecule has 0 fully saturated rings. The number of carbonyl (C=O) groups is 1. The lowest BCUT2D eigenvalue weighted by Gasteiger charge is -2.34. The van der Waals surface area contributed by atoms with E-state index in [1.807, 2.05) is 39.0 Å². The van der Waals surface area contributed by atoms with Gasteiger partial charge >= 0.3 is 0 Å². The van der Waals surface area contributed by atoms with Gasteiger partial charge in [-0.15, -0.1) is 0 Å². The molecule has 0 aromatic carbocycles. The Labute approximate surface area is 118 Å². The molecule has 0 atom stereocenters. The molecule has 0 radical (unpaired) electrons. The molecule has 1 amide bonds. The number of amides is 1. The van der Waals surface area contributed by atoms with Crippen LogP contribution in [0.25, 0.3) is 0 Å². The van der Waals surface area contributed by atoms with Crippen molar-refractivity contribution in [3.05, 3.63) is 47.6 Å². The minimum Gasteiger partial charge on any atom is -0.351 e. The van der Waals surface area contributed by atoms with Crippen LogP contribution in [0.1, 0.15) is 42.7 Å². The predicted octanol–water partition coefficient (Wildman–Crippen LogP) is 2.82. The SMILES string of the molecule is Cc1cc(C(=O)N(Cc2ccccn2)C(C)(C)C)on1. The minimum absolute atomic E-state index is 0.177. The maximum Gasteiger partial charge on any atom is 0.293 e. The number of hydrogen-bond donors (Lipinski definition) is 0. The molecular weight excluding hydrogens is 254 g/mol. The van der Waals surface area contributed by atoms with Gasteiger partial charge in [0.05, 0.1) is 17.9 Å². The molecular formula is C15H19N3O2. The summed E-state index contributed by atoms with van der Waals surface area (Å²) in [6, 6.07) is 7.32. The van der Waals surface area contributed by atoms with Gasteiger partial charge < -0.3 is 9.42 Å². The van der Waals surface area contributed by atoms with Gasteiger partial charge in [0, 0.05) is 17.8 Å². The zero-order valence-corrected chi connectivity index (χ0v) is 12.3. The fourth-order valence-electron chi connectivity index (χ4n) is 1.86. The zero-order valence-electron chi connectivity index (χ0n) is 12.3. The second-order valence-corrected chi connectivity index (χ2v) is 5.72. The molecule has 0 aliphatic heterocycles. The van der Waals surface area contributed by atoms with Gasteiger partial charge in [-0.05, 0) is 39.8 Å². The van der Waals surface area contributed by atoms with Gasteiger partial charge in [0.25, 0.3) is 5.91 Å². The number of aryl methyl sites for hydroxylation is 1. The normalized spacial score (nSPS) is 11.4. The molecule has 106 valence electrons. The van der Waals surface area contributed by atoms with Crippen molar-refractivity contribution >= 4 is 5.91 Å². The van der Waals surface area contributed by atoms with Gasteiger partial charge in [-0.2, -0.15) is 0 Å². The van der Waals surface area contributed by atoms with Gasteiger partial charge in [0.15, 0.2) is 0 Å². The highest BCUT2D eigenvalue weighted by Gasteiger charge is 2.30.